The summed E-state index contributed by atoms with van der Waals surface area (Å²) in [5.74, 6) is 3.39. The van der Waals surface area contributed by atoms with Gasteiger partial charge in [-0.1, -0.05) is 54.5 Å². The average Bonchev–Trinajstić information content (AvgIpc) is 3.41. The number of carboxylic acids is 1. The fourth-order valence-electron chi connectivity index (χ4n) is 3.95. The van der Waals surface area contributed by atoms with E-state index in [4.69, 9.17) is 9.84 Å². The lowest BCUT2D eigenvalue weighted by molar-refractivity contribution is -0.137. The minimum Gasteiger partial charge on any atom is -0.481 e. The highest BCUT2D eigenvalue weighted by atomic mass is 16.5. The maximum atomic E-state index is 12.1. The highest BCUT2D eigenvalue weighted by Gasteiger charge is 2.45. The Labute approximate surface area is 179 Å². The molecule has 2 aliphatic rings. The van der Waals surface area contributed by atoms with Crippen molar-refractivity contribution in [3.63, 3.8) is 0 Å². The van der Waals surface area contributed by atoms with Gasteiger partial charge in [-0.3, -0.25) is 9.59 Å². The molecule has 7 heteroatoms. The predicted molar refractivity (Wildman–Crippen MR) is 113 cm³/mol. The molecule has 2 aliphatic carbocycles. The van der Waals surface area contributed by atoms with E-state index in [1.54, 1.807) is 0 Å². The molecule has 0 radical (unpaired) electrons. The normalized spacial score (nSPS) is 15.0. The molecule has 0 aliphatic heterocycles. The highest BCUT2D eigenvalue weighted by Crippen LogP contribution is 2.44. The molecule has 3 N–H and O–H groups in total. The third-order valence-electron chi connectivity index (χ3n) is 5.59. The Morgan fingerprint density at radius 3 is 2.23 bits per heavy atom. The van der Waals surface area contributed by atoms with Crippen LogP contribution >= 0.6 is 0 Å². The standard InChI is InChI=1S/C24H22N2O5/c27-21(26-24(11-12-24)14-22(28)29)10-5-13-25-23(30)31-15-20-18-8-3-1-6-16(18)17-7-2-4-9-19(17)20/h1-4,6-9,20H,11-15H2,(H,25,30)(H,26,27)(H,28,29). The largest absolute Gasteiger partial charge is 0.481 e. The van der Waals surface area contributed by atoms with E-state index in [0.29, 0.717) is 12.8 Å². The number of carboxylic acid groups (broad SMARTS) is 1. The lowest BCUT2D eigenvalue weighted by Gasteiger charge is -2.14. The molecular weight excluding hydrogens is 396 g/mol. The van der Waals surface area contributed by atoms with E-state index >= 15 is 0 Å². The van der Waals surface area contributed by atoms with E-state index in [-0.39, 0.29) is 25.5 Å². The molecule has 0 heterocycles. The predicted octanol–water partition coefficient (Wildman–Crippen LogP) is 2.65. The molecule has 2 aromatic rings. The van der Waals surface area contributed by atoms with Gasteiger partial charge >= 0.3 is 12.1 Å². The van der Waals surface area contributed by atoms with Gasteiger partial charge in [-0.05, 0) is 41.0 Å². The fourth-order valence-corrected chi connectivity index (χ4v) is 3.95. The van der Waals surface area contributed by atoms with E-state index in [0.717, 1.165) is 22.3 Å². The Balaban J connectivity index is 1.26. The monoisotopic (exact) mass is 418 g/mol. The van der Waals surface area contributed by atoms with E-state index in [2.05, 4.69) is 34.6 Å². The molecule has 1 saturated carbocycles. The number of nitrogens with one attached hydrogen (secondary N) is 2. The number of rotatable bonds is 6. The van der Waals surface area contributed by atoms with Crippen LogP contribution in [-0.4, -0.2) is 41.8 Å². The summed E-state index contributed by atoms with van der Waals surface area (Å²) in [6.45, 7) is 0.154. The Morgan fingerprint density at radius 2 is 1.65 bits per heavy atom. The maximum absolute atomic E-state index is 12.1. The Morgan fingerprint density at radius 1 is 1.03 bits per heavy atom. The van der Waals surface area contributed by atoms with Crippen LogP contribution in [0.4, 0.5) is 4.79 Å². The van der Waals surface area contributed by atoms with Gasteiger partial charge in [-0.15, -0.1) is 0 Å². The number of hydrogen-bond donors (Lipinski definition) is 3. The summed E-state index contributed by atoms with van der Waals surface area (Å²) < 4.78 is 5.40. The third kappa shape index (κ3) is 4.69. The molecule has 0 aromatic heterocycles. The fraction of sp³-hybridized carbons (Fsp3) is 0.292. The van der Waals surface area contributed by atoms with Gasteiger partial charge in [-0.25, -0.2) is 4.79 Å². The summed E-state index contributed by atoms with van der Waals surface area (Å²) in [5, 5.41) is 14.0. The zero-order valence-electron chi connectivity index (χ0n) is 16.8. The number of benzene rings is 2. The lowest BCUT2D eigenvalue weighted by Crippen LogP contribution is -2.37. The molecule has 1 fully saturated rings. The van der Waals surface area contributed by atoms with Gasteiger partial charge in [0.05, 0.1) is 18.5 Å². The first kappa shape index (κ1) is 20.5. The van der Waals surface area contributed by atoms with Gasteiger partial charge < -0.3 is 20.5 Å². The van der Waals surface area contributed by atoms with Crippen molar-refractivity contribution in [1.82, 2.24) is 10.6 Å². The molecule has 0 saturated heterocycles. The summed E-state index contributed by atoms with van der Waals surface area (Å²) in [6, 6.07) is 16.2. The highest BCUT2D eigenvalue weighted by molar-refractivity contribution is 5.94. The third-order valence-corrected chi connectivity index (χ3v) is 5.59. The molecule has 0 spiro atoms. The first-order valence-electron chi connectivity index (χ1n) is 10.1. The van der Waals surface area contributed by atoms with Crippen molar-refractivity contribution in [2.45, 2.75) is 30.7 Å². The number of amides is 2. The Hall–Kier alpha value is -3.79. The molecular formula is C24H22N2O5. The summed E-state index contributed by atoms with van der Waals surface area (Å²) in [5.41, 5.74) is 3.89. The molecule has 4 rings (SSSR count). The van der Waals surface area contributed by atoms with Crippen LogP contribution in [-0.2, 0) is 14.3 Å². The van der Waals surface area contributed by atoms with Crippen LogP contribution in [0.15, 0.2) is 48.5 Å². The first-order chi connectivity index (χ1) is 15.0. The van der Waals surface area contributed by atoms with Crippen molar-refractivity contribution in [1.29, 1.82) is 0 Å². The molecule has 31 heavy (non-hydrogen) atoms. The summed E-state index contributed by atoms with van der Waals surface area (Å²) >= 11 is 0. The van der Waals surface area contributed by atoms with Gasteiger partial charge in [0.1, 0.15) is 6.61 Å². The van der Waals surface area contributed by atoms with E-state index in [1.807, 2.05) is 36.4 Å². The van der Waals surface area contributed by atoms with Crippen LogP contribution in [0.1, 0.15) is 36.3 Å². The molecule has 0 atom stereocenters. The lowest BCUT2D eigenvalue weighted by atomic mass is 9.98. The van der Waals surface area contributed by atoms with Gasteiger partial charge in [-0.2, -0.15) is 0 Å². The number of carbonyl (C=O) groups is 3. The van der Waals surface area contributed by atoms with E-state index in [1.165, 1.54) is 0 Å². The van der Waals surface area contributed by atoms with Crippen LogP contribution in [0.25, 0.3) is 11.1 Å². The second kappa shape index (κ2) is 8.52. The minimum absolute atomic E-state index is 0.0287. The number of hydrogen-bond acceptors (Lipinski definition) is 4. The van der Waals surface area contributed by atoms with Crippen molar-refractivity contribution in [2.24, 2.45) is 0 Å². The zero-order valence-corrected chi connectivity index (χ0v) is 16.8. The summed E-state index contributed by atoms with van der Waals surface area (Å²) in [4.78, 5) is 34.7. The SMILES string of the molecule is O=C(O)CC1(NC(=O)C#CCNC(=O)OCC2c3ccccc3-c3ccccc32)CC1. The van der Waals surface area contributed by atoms with E-state index < -0.39 is 23.5 Å². The number of ether oxygens (including phenoxy) is 1. The minimum atomic E-state index is -0.956. The molecule has 158 valence electrons. The van der Waals surface area contributed by atoms with Gasteiger partial charge in [0, 0.05) is 5.92 Å². The van der Waals surface area contributed by atoms with Crippen LogP contribution in [0.2, 0.25) is 0 Å². The molecule has 2 amide bonds. The quantitative estimate of drug-likeness (QED) is 0.626. The number of alkyl carbamates (subject to hydrolysis) is 1. The molecule has 2 aromatic carbocycles. The maximum Gasteiger partial charge on any atom is 0.407 e. The zero-order chi connectivity index (χ0) is 21.8. The van der Waals surface area contributed by atoms with Gasteiger partial charge in [0.15, 0.2) is 0 Å². The van der Waals surface area contributed by atoms with Crippen molar-refractivity contribution in [3.8, 4) is 23.0 Å². The molecule has 0 unspecified atom stereocenters. The van der Waals surface area contributed by atoms with Crippen molar-refractivity contribution >= 4 is 18.0 Å². The second-order valence-corrected chi connectivity index (χ2v) is 7.79. The smallest absolute Gasteiger partial charge is 0.407 e. The van der Waals surface area contributed by atoms with Crippen LogP contribution in [0.5, 0.6) is 0 Å². The van der Waals surface area contributed by atoms with Crippen LogP contribution < -0.4 is 10.6 Å². The number of carbonyl (C=O) groups excluding carboxylic acids is 2. The van der Waals surface area contributed by atoms with Crippen LogP contribution in [0.3, 0.4) is 0 Å². The van der Waals surface area contributed by atoms with Gasteiger partial charge in [0.25, 0.3) is 5.91 Å². The van der Waals surface area contributed by atoms with Crippen molar-refractivity contribution in [3.05, 3.63) is 59.7 Å². The topological polar surface area (TPSA) is 105 Å². The summed E-state index contributed by atoms with van der Waals surface area (Å²) in [7, 11) is 0. The Bertz CT molecular complexity index is 1050. The molecule has 0 bridgehead atoms. The molecule has 7 nitrogen and oxygen atoms in total. The number of fused-ring (bicyclic) bond motifs is 3. The Kier molecular flexibility index (Phi) is 5.63. The van der Waals surface area contributed by atoms with Gasteiger partial charge in [0.2, 0.25) is 0 Å². The van der Waals surface area contributed by atoms with Crippen LogP contribution in [0, 0.1) is 11.8 Å². The van der Waals surface area contributed by atoms with Crippen molar-refractivity contribution in [2.75, 3.05) is 13.2 Å². The van der Waals surface area contributed by atoms with E-state index in [9.17, 15) is 14.4 Å². The average molecular weight is 418 g/mol. The van der Waals surface area contributed by atoms with Crippen molar-refractivity contribution < 1.29 is 24.2 Å². The number of aliphatic carboxylic acids is 1. The second-order valence-electron chi connectivity index (χ2n) is 7.79. The first-order valence-corrected chi connectivity index (χ1v) is 10.1. The summed E-state index contributed by atoms with van der Waals surface area (Å²) in [6.07, 6.45) is 0.537.